The highest BCUT2D eigenvalue weighted by molar-refractivity contribution is 5.91. The fraction of sp³-hybridized carbons (Fsp3) is 0.417. The second-order valence-corrected chi connectivity index (χ2v) is 3.62. The number of carbonyl (C=O) groups excluding carboxylic acids is 1. The fourth-order valence-electron chi connectivity index (χ4n) is 1.57. The number of hydrogen-bond donors (Lipinski definition) is 1. The van der Waals surface area contributed by atoms with Crippen LogP contribution in [0.25, 0.3) is 0 Å². The number of methoxy groups -OCH3 is 1. The molecule has 1 aromatic rings. The first-order valence-electron chi connectivity index (χ1n) is 4.98. The van der Waals surface area contributed by atoms with Crippen LogP contribution in [0.2, 0.25) is 0 Å². The largest absolute Gasteiger partial charge is 0.465 e. The van der Waals surface area contributed by atoms with Crippen molar-refractivity contribution >= 4 is 5.97 Å². The molecule has 0 atom stereocenters. The summed E-state index contributed by atoms with van der Waals surface area (Å²) in [7, 11) is 1.40. The number of esters is 1. The van der Waals surface area contributed by atoms with Gasteiger partial charge in [-0.15, -0.1) is 0 Å². The van der Waals surface area contributed by atoms with Crippen molar-refractivity contribution in [2.45, 2.75) is 20.3 Å². The summed E-state index contributed by atoms with van der Waals surface area (Å²) in [6.07, 6.45) is 0.783. The van der Waals surface area contributed by atoms with Gasteiger partial charge in [-0.2, -0.15) is 0 Å². The Hall–Kier alpha value is -1.35. The molecule has 0 aliphatic heterocycles. The number of ether oxygens (including phenoxy) is 1. The highest BCUT2D eigenvalue weighted by Crippen LogP contribution is 2.17. The molecule has 0 saturated carbocycles. The van der Waals surface area contributed by atoms with Crippen molar-refractivity contribution < 1.29 is 9.53 Å². The number of aryl methyl sites for hydroxylation is 1. The van der Waals surface area contributed by atoms with Crippen molar-refractivity contribution in [3.05, 3.63) is 34.4 Å². The monoisotopic (exact) mass is 207 g/mol. The fourth-order valence-corrected chi connectivity index (χ4v) is 1.57. The molecule has 0 spiro atoms. The quantitative estimate of drug-likeness (QED) is 0.766. The average Bonchev–Trinajstić information content (AvgIpc) is 2.22. The summed E-state index contributed by atoms with van der Waals surface area (Å²) < 4.78 is 4.74. The normalized spacial score (nSPS) is 10.1. The summed E-state index contributed by atoms with van der Waals surface area (Å²) >= 11 is 0. The van der Waals surface area contributed by atoms with Crippen LogP contribution in [-0.4, -0.2) is 19.6 Å². The van der Waals surface area contributed by atoms with Gasteiger partial charge in [0.2, 0.25) is 0 Å². The van der Waals surface area contributed by atoms with E-state index in [0.29, 0.717) is 12.1 Å². The molecule has 2 N–H and O–H groups in total. The molecule has 0 bridgehead atoms. The van der Waals surface area contributed by atoms with Crippen LogP contribution in [0, 0.1) is 13.8 Å². The third kappa shape index (κ3) is 2.57. The second-order valence-electron chi connectivity index (χ2n) is 3.62. The molecule has 0 aromatic heterocycles. The Balaban J connectivity index is 3.18. The Kier molecular flexibility index (Phi) is 3.86. The number of nitrogens with two attached hydrogens (primary N) is 1. The zero-order chi connectivity index (χ0) is 11.4. The number of hydrogen-bond acceptors (Lipinski definition) is 3. The minimum atomic E-state index is -0.283. The molecule has 0 amide bonds. The molecule has 0 saturated heterocycles. The molecule has 3 heteroatoms. The highest BCUT2D eigenvalue weighted by Gasteiger charge is 2.11. The molecular weight excluding hydrogens is 190 g/mol. The number of rotatable bonds is 3. The van der Waals surface area contributed by atoms with E-state index >= 15 is 0 Å². The van der Waals surface area contributed by atoms with Gasteiger partial charge in [-0.25, -0.2) is 4.79 Å². The van der Waals surface area contributed by atoms with Crippen molar-refractivity contribution in [3.63, 3.8) is 0 Å². The minimum absolute atomic E-state index is 0.283. The summed E-state index contributed by atoms with van der Waals surface area (Å²) in [5, 5.41) is 0. The van der Waals surface area contributed by atoms with E-state index in [9.17, 15) is 4.79 Å². The van der Waals surface area contributed by atoms with Crippen LogP contribution < -0.4 is 5.73 Å². The Morgan fingerprint density at radius 3 is 2.60 bits per heavy atom. The summed E-state index contributed by atoms with van der Waals surface area (Å²) in [5.74, 6) is -0.283. The van der Waals surface area contributed by atoms with E-state index in [2.05, 4.69) is 6.07 Å². The molecule has 82 valence electrons. The maximum Gasteiger partial charge on any atom is 0.338 e. The third-order valence-electron chi connectivity index (χ3n) is 2.57. The Morgan fingerprint density at radius 2 is 2.07 bits per heavy atom. The first kappa shape index (κ1) is 11.7. The smallest absolute Gasteiger partial charge is 0.338 e. The predicted molar refractivity (Wildman–Crippen MR) is 60.0 cm³/mol. The molecule has 0 radical (unpaired) electrons. The van der Waals surface area contributed by atoms with Gasteiger partial charge in [0.05, 0.1) is 12.7 Å². The Labute approximate surface area is 90.2 Å². The molecule has 0 aliphatic rings. The lowest BCUT2D eigenvalue weighted by atomic mass is 9.98. The second kappa shape index (κ2) is 4.94. The lowest BCUT2D eigenvalue weighted by molar-refractivity contribution is 0.0599. The molecule has 15 heavy (non-hydrogen) atoms. The van der Waals surface area contributed by atoms with E-state index in [0.717, 1.165) is 23.1 Å². The minimum Gasteiger partial charge on any atom is -0.465 e. The van der Waals surface area contributed by atoms with Crippen molar-refractivity contribution in [1.29, 1.82) is 0 Å². The zero-order valence-electron chi connectivity index (χ0n) is 9.46. The number of carbonyl (C=O) groups is 1. The van der Waals surface area contributed by atoms with Crippen LogP contribution in [-0.2, 0) is 11.2 Å². The standard InChI is InChI=1S/C12H17NO2/c1-8-6-10(4-5-13)7-11(9(8)2)12(14)15-3/h6-7H,4-5,13H2,1-3H3. The Bertz CT molecular complexity index is 372. The van der Waals surface area contributed by atoms with Gasteiger partial charge in [-0.05, 0) is 49.6 Å². The van der Waals surface area contributed by atoms with Crippen molar-refractivity contribution in [1.82, 2.24) is 0 Å². The van der Waals surface area contributed by atoms with Gasteiger partial charge in [-0.3, -0.25) is 0 Å². The molecule has 0 aliphatic carbocycles. The van der Waals surface area contributed by atoms with Crippen molar-refractivity contribution in [3.8, 4) is 0 Å². The summed E-state index contributed by atoms with van der Waals surface area (Å²) in [6.45, 7) is 4.50. The highest BCUT2D eigenvalue weighted by atomic mass is 16.5. The SMILES string of the molecule is COC(=O)c1cc(CCN)cc(C)c1C. The topological polar surface area (TPSA) is 52.3 Å². The Morgan fingerprint density at radius 1 is 1.40 bits per heavy atom. The van der Waals surface area contributed by atoms with Crippen LogP contribution in [0.5, 0.6) is 0 Å². The van der Waals surface area contributed by atoms with Gasteiger partial charge in [0.25, 0.3) is 0 Å². The van der Waals surface area contributed by atoms with Crippen LogP contribution in [0.15, 0.2) is 12.1 Å². The van der Waals surface area contributed by atoms with E-state index in [1.807, 2.05) is 19.9 Å². The molecule has 3 nitrogen and oxygen atoms in total. The molecule has 1 rings (SSSR count). The van der Waals surface area contributed by atoms with Crippen LogP contribution in [0.3, 0.4) is 0 Å². The van der Waals surface area contributed by atoms with Crippen LogP contribution in [0.4, 0.5) is 0 Å². The first-order valence-corrected chi connectivity index (χ1v) is 4.98. The third-order valence-corrected chi connectivity index (χ3v) is 2.57. The van der Waals surface area contributed by atoms with Crippen LogP contribution in [0.1, 0.15) is 27.0 Å². The summed E-state index contributed by atoms with van der Waals surface area (Å²) in [4.78, 5) is 11.5. The van der Waals surface area contributed by atoms with E-state index in [1.165, 1.54) is 7.11 Å². The van der Waals surface area contributed by atoms with Gasteiger partial charge >= 0.3 is 5.97 Å². The van der Waals surface area contributed by atoms with Gasteiger partial charge < -0.3 is 10.5 Å². The van der Waals surface area contributed by atoms with Gasteiger partial charge in [0.1, 0.15) is 0 Å². The van der Waals surface area contributed by atoms with Gasteiger partial charge in [-0.1, -0.05) is 6.07 Å². The van der Waals surface area contributed by atoms with E-state index in [4.69, 9.17) is 10.5 Å². The van der Waals surface area contributed by atoms with Crippen molar-refractivity contribution in [2.75, 3.05) is 13.7 Å². The lowest BCUT2D eigenvalue weighted by Gasteiger charge is -2.10. The predicted octanol–water partition coefficient (Wildman–Crippen LogP) is 1.59. The molecule has 0 unspecified atom stereocenters. The van der Waals surface area contributed by atoms with E-state index in [1.54, 1.807) is 0 Å². The summed E-state index contributed by atoms with van der Waals surface area (Å²) in [6, 6.07) is 3.93. The zero-order valence-corrected chi connectivity index (χ0v) is 9.46. The average molecular weight is 207 g/mol. The van der Waals surface area contributed by atoms with Crippen LogP contribution >= 0.6 is 0 Å². The maximum absolute atomic E-state index is 11.5. The lowest BCUT2D eigenvalue weighted by Crippen LogP contribution is -2.08. The van der Waals surface area contributed by atoms with Gasteiger partial charge in [0.15, 0.2) is 0 Å². The first-order chi connectivity index (χ1) is 7.10. The van der Waals surface area contributed by atoms with Gasteiger partial charge in [0, 0.05) is 0 Å². The van der Waals surface area contributed by atoms with E-state index in [-0.39, 0.29) is 5.97 Å². The molecular formula is C12H17NO2. The molecule has 0 fully saturated rings. The number of benzene rings is 1. The van der Waals surface area contributed by atoms with Crippen molar-refractivity contribution in [2.24, 2.45) is 5.73 Å². The molecule has 1 aromatic carbocycles. The molecule has 0 heterocycles. The summed E-state index contributed by atoms with van der Waals surface area (Å²) in [5.41, 5.74) is 9.29. The maximum atomic E-state index is 11.5. The van der Waals surface area contributed by atoms with E-state index < -0.39 is 0 Å².